The van der Waals surface area contributed by atoms with E-state index in [1.54, 1.807) is 96.8 Å². The summed E-state index contributed by atoms with van der Waals surface area (Å²) in [6, 6.07) is 22.9. The van der Waals surface area contributed by atoms with Crippen LogP contribution in [0.3, 0.4) is 0 Å². The summed E-state index contributed by atoms with van der Waals surface area (Å²) < 4.78 is 10.7. The fraction of sp³-hybridized carbons (Fsp3) is 0.133. The molecule has 0 aromatic heterocycles. The number of hydrogen-bond acceptors (Lipinski definition) is 4. The summed E-state index contributed by atoms with van der Waals surface area (Å²) in [7, 11) is 3.16. The quantitative estimate of drug-likeness (QED) is 0.254. The molecule has 2 N–H and O–H groups in total. The molecule has 4 aromatic rings. The van der Waals surface area contributed by atoms with Crippen molar-refractivity contribution in [1.82, 2.24) is 0 Å². The highest BCUT2D eigenvalue weighted by molar-refractivity contribution is 6.31. The van der Waals surface area contributed by atoms with E-state index in [4.69, 9.17) is 32.7 Å². The minimum Gasteiger partial charge on any atom is -0.497 e. The number of amides is 4. The number of ether oxygens (including phenoxy) is 2. The zero-order valence-electron chi connectivity index (χ0n) is 21.5. The minimum absolute atomic E-state index is 0.353. The van der Waals surface area contributed by atoms with Gasteiger partial charge < -0.3 is 20.1 Å². The van der Waals surface area contributed by atoms with E-state index in [0.717, 1.165) is 11.1 Å². The number of halogens is 2. The molecule has 0 aliphatic carbocycles. The van der Waals surface area contributed by atoms with Crippen LogP contribution in [0.2, 0.25) is 10.0 Å². The van der Waals surface area contributed by atoms with Crippen LogP contribution in [0.25, 0.3) is 0 Å². The number of nitrogens with zero attached hydrogens (tertiary/aromatic N) is 2. The van der Waals surface area contributed by atoms with Crippen LogP contribution in [-0.4, -0.2) is 26.3 Å². The van der Waals surface area contributed by atoms with Gasteiger partial charge in [-0.25, -0.2) is 9.59 Å². The summed E-state index contributed by atoms with van der Waals surface area (Å²) in [5.41, 5.74) is 3.91. The molecule has 4 aromatic carbocycles. The number of rotatable bonds is 5. The van der Waals surface area contributed by atoms with Crippen LogP contribution in [0.4, 0.5) is 32.3 Å². The average molecular weight is 575 g/mol. The summed E-state index contributed by atoms with van der Waals surface area (Å²) in [5.74, 6) is 1.30. The first kappa shape index (κ1) is 25.9. The number of hydrogen-bond donors (Lipinski definition) is 2. The molecule has 2 unspecified atom stereocenters. The van der Waals surface area contributed by atoms with Crippen LogP contribution in [0.1, 0.15) is 23.2 Å². The van der Waals surface area contributed by atoms with Gasteiger partial charge in [-0.1, -0.05) is 23.2 Å². The number of anilines is 4. The standard InChI is InChI=1S/C30H24Cl2N4O4/c1-39-21-9-5-19(6-10-21)35-27(23-15-17(31)3-13-25(23)33-29(35)37)28-24-16-18(32)4-14-26(24)34-30(38)36(28)20-7-11-22(40-2)12-8-20/h3-16,27-28H,1-2H3,(H,33,37)(H,34,38). The Bertz CT molecular complexity index is 1490. The van der Waals surface area contributed by atoms with E-state index in [1.807, 2.05) is 12.1 Å². The first-order valence-corrected chi connectivity index (χ1v) is 13.2. The molecule has 0 fully saturated rings. The molecule has 2 heterocycles. The molecule has 10 heteroatoms. The Labute approximate surface area is 241 Å². The lowest BCUT2D eigenvalue weighted by molar-refractivity contribution is 0.246. The van der Waals surface area contributed by atoms with Gasteiger partial charge in [0, 0.05) is 43.9 Å². The molecule has 0 saturated carbocycles. The zero-order valence-corrected chi connectivity index (χ0v) is 23.0. The Morgan fingerprint density at radius 1 is 0.600 bits per heavy atom. The molecule has 0 bridgehead atoms. The van der Waals surface area contributed by atoms with Crippen LogP contribution < -0.4 is 29.9 Å². The fourth-order valence-electron chi connectivity index (χ4n) is 5.33. The third-order valence-electron chi connectivity index (χ3n) is 7.14. The number of fused-ring (bicyclic) bond motifs is 2. The minimum atomic E-state index is -0.693. The van der Waals surface area contributed by atoms with Gasteiger partial charge in [0.05, 0.1) is 26.3 Å². The van der Waals surface area contributed by atoms with Crippen molar-refractivity contribution in [3.63, 3.8) is 0 Å². The molecular weight excluding hydrogens is 551 g/mol. The maximum Gasteiger partial charge on any atom is 0.326 e. The summed E-state index contributed by atoms with van der Waals surface area (Å²) >= 11 is 13.0. The smallest absolute Gasteiger partial charge is 0.326 e. The summed E-state index contributed by atoms with van der Waals surface area (Å²) in [4.78, 5) is 30.9. The molecule has 0 saturated heterocycles. The van der Waals surface area contributed by atoms with E-state index >= 15 is 0 Å². The van der Waals surface area contributed by atoms with Gasteiger partial charge in [0.15, 0.2) is 0 Å². The maximum absolute atomic E-state index is 13.8. The highest BCUT2D eigenvalue weighted by Crippen LogP contribution is 2.51. The van der Waals surface area contributed by atoms with Gasteiger partial charge in [0.2, 0.25) is 0 Å². The molecule has 2 atom stereocenters. The van der Waals surface area contributed by atoms with Crippen molar-refractivity contribution in [3.05, 3.63) is 106 Å². The fourth-order valence-corrected chi connectivity index (χ4v) is 5.69. The highest BCUT2D eigenvalue weighted by Gasteiger charge is 2.46. The van der Waals surface area contributed by atoms with Gasteiger partial charge in [-0.2, -0.15) is 0 Å². The molecule has 2 aliphatic rings. The number of benzene rings is 4. The van der Waals surface area contributed by atoms with Crippen molar-refractivity contribution in [2.75, 3.05) is 34.7 Å². The van der Waals surface area contributed by atoms with Crippen LogP contribution >= 0.6 is 23.2 Å². The Morgan fingerprint density at radius 2 is 0.975 bits per heavy atom. The highest BCUT2D eigenvalue weighted by atomic mass is 35.5. The zero-order chi connectivity index (χ0) is 28.0. The average Bonchev–Trinajstić information content (AvgIpc) is 2.96. The molecule has 0 radical (unpaired) electrons. The predicted octanol–water partition coefficient (Wildman–Crippen LogP) is 7.90. The first-order valence-electron chi connectivity index (χ1n) is 12.5. The molecule has 0 spiro atoms. The van der Waals surface area contributed by atoms with Gasteiger partial charge in [-0.05, 0) is 84.9 Å². The number of carbonyl (C=O) groups is 2. The van der Waals surface area contributed by atoms with E-state index in [1.165, 1.54) is 0 Å². The van der Waals surface area contributed by atoms with Crippen molar-refractivity contribution in [3.8, 4) is 11.5 Å². The third-order valence-corrected chi connectivity index (χ3v) is 7.61. The van der Waals surface area contributed by atoms with E-state index in [-0.39, 0.29) is 12.1 Å². The Morgan fingerprint density at radius 3 is 1.32 bits per heavy atom. The van der Waals surface area contributed by atoms with Crippen LogP contribution in [-0.2, 0) is 0 Å². The molecule has 40 heavy (non-hydrogen) atoms. The third kappa shape index (κ3) is 4.45. The van der Waals surface area contributed by atoms with Gasteiger partial charge in [0.25, 0.3) is 0 Å². The summed E-state index contributed by atoms with van der Waals surface area (Å²) in [6.45, 7) is 0. The van der Waals surface area contributed by atoms with Gasteiger partial charge in [-0.15, -0.1) is 0 Å². The van der Waals surface area contributed by atoms with E-state index in [0.29, 0.717) is 44.3 Å². The molecule has 4 amide bonds. The lowest BCUT2D eigenvalue weighted by atomic mass is 9.86. The summed E-state index contributed by atoms with van der Waals surface area (Å²) in [5, 5.41) is 6.96. The van der Waals surface area contributed by atoms with Crippen molar-refractivity contribution < 1.29 is 19.1 Å². The van der Waals surface area contributed by atoms with Crippen molar-refractivity contribution in [2.24, 2.45) is 0 Å². The van der Waals surface area contributed by atoms with E-state index in [9.17, 15) is 9.59 Å². The monoisotopic (exact) mass is 574 g/mol. The SMILES string of the molecule is COc1ccc(N2C(=O)Nc3ccc(Cl)cc3C2C2c3cc(Cl)ccc3NC(=O)N2c2ccc(OC)cc2)cc1. The number of carbonyl (C=O) groups excluding carboxylic acids is 2. The Kier molecular flexibility index (Phi) is 6.65. The molecule has 6 rings (SSSR count). The van der Waals surface area contributed by atoms with Crippen LogP contribution in [0, 0.1) is 0 Å². The summed E-state index contributed by atoms with van der Waals surface area (Å²) in [6.07, 6.45) is 0. The number of urea groups is 2. The molecule has 2 aliphatic heterocycles. The second-order valence-electron chi connectivity index (χ2n) is 9.35. The predicted molar refractivity (Wildman–Crippen MR) is 157 cm³/mol. The molecular formula is C30H24Cl2N4O4. The van der Waals surface area contributed by atoms with Gasteiger partial charge in [0.1, 0.15) is 11.5 Å². The van der Waals surface area contributed by atoms with Crippen molar-refractivity contribution in [2.45, 2.75) is 12.1 Å². The normalized spacial score (nSPS) is 17.9. The van der Waals surface area contributed by atoms with Crippen LogP contribution in [0.15, 0.2) is 84.9 Å². The second kappa shape index (κ2) is 10.3. The topological polar surface area (TPSA) is 83.1 Å². The van der Waals surface area contributed by atoms with Crippen molar-refractivity contribution in [1.29, 1.82) is 0 Å². The second-order valence-corrected chi connectivity index (χ2v) is 10.2. The lowest BCUT2D eigenvalue weighted by Gasteiger charge is -2.47. The first-order chi connectivity index (χ1) is 19.4. The largest absolute Gasteiger partial charge is 0.497 e. The maximum atomic E-state index is 13.8. The van der Waals surface area contributed by atoms with E-state index < -0.39 is 12.1 Å². The molecule has 202 valence electrons. The van der Waals surface area contributed by atoms with Crippen molar-refractivity contribution >= 4 is 58.0 Å². The lowest BCUT2D eigenvalue weighted by Crippen LogP contribution is -2.52. The van der Waals surface area contributed by atoms with Crippen LogP contribution in [0.5, 0.6) is 11.5 Å². The number of nitrogens with one attached hydrogen (secondary N) is 2. The number of methoxy groups -OCH3 is 2. The molecule has 8 nitrogen and oxygen atoms in total. The Hall–Kier alpha value is -4.40. The van der Waals surface area contributed by atoms with Gasteiger partial charge in [-0.3, -0.25) is 9.80 Å². The van der Waals surface area contributed by atoms with E-state index in [2.05, 4.69) is 10.6 Å². The van der Waals surface area contributed by atoms with Gasteiger partial charge >= 0.3 is 12.1 Å². The Balaban J connectivity index is 1.62.